The van der Waals surface area contributed by atoms with Gasteiger partial charge in [-0.1, -0.05) is 42.3 Å². The van der Waals surface area contributed by atoms with Crippen LogP contribution in [0.15, 0.2) is 36.4 Å². The van der Waals surface area contributed by atoms with Crippen LogP contribution < -0.4 is 14.8 Å². The Morgan fingerprint density at radius 3 is 2.56 bits per heavy atom. The molecule has 6 nitrogen and oxygen atoms in total. The maximum absolute atomic E-state index is 13.3. The Hall–Kier alpha value is -2.44. The molecule has 172 valence electrons. The van der Waals surface area contributed by atoms with Crippen molar-refractivity contribution in [2.24, 2.45) is 0 Å². The maximum atomic E-state index is 13.3. The largest absolute Gasteiger partial charge is 0.454 e. The summed E-state index contributed by atoms with van der Waals surface area (Å²) in [5, 5.41) is 3.93. The minimum absolute atomic E-state index is 0.0228. The first kappa shape index (κ1) is 24.2. The van der Waals surface area contributed by atoms with E-state index in [-0.39, 0.29) is 37.6 Å². The first-order chi connectivity index (χ1) is 15.3. The second kappa shape index (κ2) is 10.9. The molecule has 1 aliphatic rings. The highest BCUT2D eigenvalue weighted by atomic mass is 35.5. The quantitative estimate of drug-likeness (QED) is 0.551. The van der Waals surface area contributed by atoms with E-state index in [1.54, 1.807) is 30.0 Å². The van der Waals surface area contributed by atoms with Crippen LogP contribution in [-0.2, 0) is 22.6 Å². The third-order valence-electron chi connectivity index (χ3n) is 5.59. The summed E-state index contributed by atoms with van der Waals surface area (Å²) in [5.74, 6) is 1.05. The van der Waals surface area contributed by atoms with Crippen LogP contribution in [-0.4, -0.2) is 35.6 Å². The predicted molar refractivity (Wildman–Crippen MR) is 125 cm³/mol. The van der Waals surface area contributed by atoms with Gasteiger partial charge in [-0.05, 0) is 62.1 Å². The molecule has 2 aromatic rings. The number of benzene rings is 2. The summed E-state index contributed by atoms with van der Waals surface area (Å²) in [6, 6.07) is 10.2. The maximum Gasteiger partial charge on any atom is 0.242 e. The van der Waals surface area contributed by atoms with Crippen LogP contribution in [0.2, 0.25) is 10.0 Å². The lowest BCUT2D eigenvalue weighted by atomic mass is 10.1. The van der Waals surface area contributed by atoms with Crippen molar-refractivity contribution < 1.29 is 19.1 Å². The van der Waals surface area contributed by atoms with Crippen LogP contribution in [0.25, 0.3) is 0 Å². The molecule has 2 aromatic carbocycles. The SMILES string of the molecule is CC[C@H](C)NC(=O)[C@H](C)N(Cc1ccc(Cl)cc1Cl)C(=O)CCc1ccc2c(c1)OCO2. The molecule has 2 amide bonds. The van der Waals surface area contributed by atoms with Crippen molar-refractivity contribution in [2.45, 2.75) is 58.7 Å². The molecule has 0 aliphatic carbocycles. The van der Waals surface area contributed by atoms with E-state index in [9.17, 15) is 9.59 Å². The molecule has 0 radical (unpaired) electrons. The van der Waals surface area contributed by atoms with Crippen molar-refractivity contribution in [3.8, 4) is 11.5 Å². The first-order valence-corrected chi connectivity index (χ1v) is 11.5. The Bertz CT molecular complexity index is 982. The summed E-state index contributed by atoms with van der Waals surface area (Å²) in [5.41, 5.74) is 1.69. The zero-order valence-electron chi connectivity index (χ0n) is 18.5. The van der Waals surface area contributed by atoms with Crippen LogP contribution in [0.1, 0.15) is 44.7 Å². The Morgan fingerprint density at radius 2 is 1.84 bits per heavy atom. The zero-order chi connectivity index (χ0) is 23.3. The van der Waals surface area contributed by atoms with Crippen LogP contribution in [0, 0.1) is 0 Å². The number of rotatable bonds is 9. The molecule has 0 saturated heterocycles. The second-order valence-corrected chi connectivity index (χ2v) is 8.78. The van der Waals surface area contributed by atoms with Gasteiger partial charge in [0.2, 0.25) is 18.6 Å². The summed E-state index contributed by atoms with van der Waals surface area (Å²) in [6.45, 7) is 6.09. The number of carbonyl (C=O) groups is 2. The van der Waals surface area contributed by atoms with E-state index in [2.05, 4.69) is 5.32 Å². The average molecular weight is 479 g/mol. The lowest BCUT2D eigenvalue weighted by Gasteiger charge is -2.30. The van der Waals surface area contributed by atoms with Gasteiger partial charge in [0, 0.05) is 29.1 Å². The average Bonchev–Trinajstić information content (AvgIpc) is 3.24. The molecule has 0 saturated carbocycles. The molecule has 1 aliphatic heterocycles. The fourth-order valence-corrected chi connectivity index (χ4v) is 3.84. The molecule has 1 N–H and O–H groups in total. The van der Waals surface area contributed by atoms with E-state index in [0.29, 0.717) is 28.0 Å². The summed E-state index contributed by atoms with van der Waals surface area (Å²) >= 11 is 12.4. The van der Waals surface area contributed by atoms with Gasteiger partial charge >= 0.3 is 0 Å². The van der Waals surface area contributed by atoms with E-state index in [1.165, 1.54) is 0 Å². The molecule has 0 aromatic heterocycles. The highest BCUT2D eigenvalue weighted by Crippen LogP contribution is 2.33. The Labute approximate surface area is 198 Å². The van der Waals surface area contributed by atoms with Crippen LogP contribution in [0.4, 0.5) is 0 Å². The normalized spacial score (nSPS) is 14.0. The molecule has 0 fully saturated rings. The Morgan fingerprint density at radius 1 is 1.09 bits per heavy atom. The molecule has 1 heterocycles. The van der Waals surface area contributed by atoms with Crippen molar-refractivity contribution in [1.82, 2.24) is 10.2 Å². The van der Waals surface area contributed by atoms with E-state index in [4.69, 9.17) is 32.7 Å². The third kappa shape index (κ3) is 6.08. The number of nitrogens with zero attached hydrogens (tertiary/aromatic N) is 1. The van der Waals surface area contributed by atoms with Gasteiger partial charge in [-0.25, -0.2) is 0 Å². The van der Waals surface area contributed by atoms with Crippen molar-refractivity contribution in [2.75, 3.05) is 6.79 Å². The topological polar surface area (TPSA) is 67.9 Å². The monoisotopic (exact) mass is 478 g/mol. The van der Waals surface area contributed by atoms with Crippen LogP contribution >= 0.6 is 23.2 Å². The molecular weight excluding hydrogens is 451 g/mol. The molecular formula is C24H28Cl2N2O4. The molecule has 32 heavy (non-hydrogen) atoms. The first-order valence-electron chi connectivity index (χ1n) is 10.7. The van der Waals surface area contributed by atoms with E-state index in [1.807, 2.05) is 32.0 Å². The number of fused-ring (bicyclic) bond motifs is 1. The lowest BCUT2D eigenvalue weighted by Crippen LogP contribution is -2.49. The van der Waals surface area contributed by atoms with Gasteiger partial charge in [0.25, 0.3) is 0 Å². The van der Waals surface area contributed by atoms with Gasteiger partial charge < -0.3 is 19.7 Å². The smallest absolute Gasteiger partial charge is 0.242 e. The van der Waals surface area contributed by atoms with E-state index >= 15 is 0 Å². The van der Waals surface area contributed by atoms with Crippen molar-refractivity contribution in [3.63, 3.8) is 0 Å². The summed E-state index contributed by atoms with van der Waals surface area (Å²) in [7, 11) is 0. The molecule has 2 atom stereocenters. The zero-order valence-corrected chi connectivity index (χ0v) is 20.0. The number of halogens is 2. The predicted octanol–water partition coefficient (Wildman–Crippen LogP) is 4.99. The standard InChI is InChI=1S/C24H28Cl2N2O4/c1-4-15(2)27-24(30)16(3)28(13-18-7-8-19(25)12-20(18)26)23(29)10-6-17-5-9-21-22(11-17)32-14-31-21/h5,7-9,11-12,15-16H,4,6,10,13-14H2,1-3H3,(H,27,30)/t15-,16-/m0/s1. The van der Waals surface area contributed by atoms with Crippen LogP contribution in [0.3, 0.4) is 0 Å². The van der Waals surface area contributed by atoms with E-state index < -0.39 is 6.04 Å². The van der Waals surface area contributed by atoms with Crippen molar-refractivity contribution >= 4 is 35.0 Å². The summed E-state index contributed by atoms with van der Waals surface area (Å²) in [4.78, 5) is 27.6. The van der Waals surface area contributed by atoms with Crippen LogP contribution in [0.5, 0.6) is 11.5 Å². The molecule has 0 unspecified atom stereocenters. The highest BCUT2D eigenvalue weighted by Gasteiger charge is 2.27. The molecule has 8 heteroatoms. The van der Waals surface area contributed by atoms with Gasteiger partial charge in [-0.15, -0.1) is 0 Å². The number of carbonyl (C=O) groups excluding carboxylic acids is 2. The van der Waals surface area contributed by atoms with E-state index in [0.717, 1.165) is 17.5 Å². The number of aryl methyl sites for hydroxylation is 1. The molecule has 0 bridgehead atoms. The summed E-state index contributed by atoms with van der Waals surface area (Å²) < 4.78 is 10.8. The molecule has 0 spiro atoms. The number of nitrogens with one attached hydrogen (secondary N) is 1. The Kier molecular flexibility index (Phi) is 8.26. The van der Waals surface area contributed by atoms with Crippen molar-refractivity contribution in [1.29, 1.82) is 0 Å². The number of ether oxygens (including phenoxy) is 2. The second-order valence-electron chi connectivity index (χ2n) is 7.94. The van der Waals surface area contributed by atoms with Gasteiger partial charge in [-0.2, -0.15) is 0 Å². The van der Waals surface area contributed by atoms with Gasteiger partial charge in [0.05, 0.1) is 0 Å². The Balaban J connectivity index is 1.75. The minimum Gasteiger partial charge on any atom is -0.454 e. The minimum atomic E-state index is -0.653. The van der Waals surface area contributed by atoms with Gasteiger partial charge in [0.1, 0.15) is 6.04 Å². The lowest BCUT2D eigenvalue weighted by molar-refractivity contribution is -0.140. The van der Waals surface area contributed by atoms with Crippen molar-refractivity contribution in [3.05, 3.63) is 57.6 Å². The third-order valence-corrected chi connectivity index (χ3v) is 6.18. The number of hydrogen-bond acceptors (Lipinski definition) is 4. The fraction of sp³-hybridized carbons (Fsp3) is 0.417. The van der Waals surface area contributed by atoms with Gasteiger partial charge in [-0.3, -0.25) is 9.59 Å². The highest BCUT2D eigenvalue weighted by molar-refractivity contribution is 6.35. The number of amides is 2. The number of hydrogen-bond donors (Lipinski definition) is 1. The van der Waals surface area contributed by atoms with Gasteiger partial charge in [0.15, 0.2) is 11.5 Å². The fourth-order valence-electron chi connectivity index (χ4n) is 3.37. The summed E-state index contributed by atoms with van der Waals surface area (Å²) in [6.07, 6.45) is 1.56. The molecule has 3 rings (SSSR count).